The molecule has 0 fully saturated rings. The van der Waals surface area contributed by atoms with Gasteiger partial charge < -0.3 is 10.4 Å². The predicted molar refractivity (Wildman–Crippen MR) is 82.2 cm³/mol. The second kappa shape index (κ2) is 7.76. The third kappa shape index (κ3) is 4.55. The first kappa shape index (κ1) is 15.5. The molecule has 110 valence electrons. The third-order valence-corrected chi connectivity index (χ3v) is 3.34. The monoisotopic (exact) mass is 304 g/mol. The number of carbonyl (C=O) groups excluding carboxylic acids is 1. The van der Waals surface area contributed by atoms with Crippen molar-refractivity contribution in [1.29, 1.82) is 0 Å². The van der Waals surface area contributed by atoms with Crippen LogP contribution >= 0.6 is 11.6 Å². The number of nitrogens with zero attached hydrogens (tertiary/aromatic N) is 1. The van der Waals surface area contributed by atoms with E-state index in [0.29, 0.717) is 23.6 Å². The van der Waals surface area contributed by atoms with E-state index in [0.717, 1.165) is 5.56 Å². The number of aliphatic hydroxyl groups excluding tert-OH is 1. The number of hydrogen-bond donors (Lipinski definition) is 2. The Balaban J connectivity index is 2.11. The lowest BCUT2D eigenvalue weighted by molar-refractivity contribution is 0.0927. The number of hydrogen-bond acceptors (Lipinski definition) is 3. The molecule has 1 amide bonds. The number of aromatic nitrogens is 1. The maximum atomic E-state index is 12.2. The van der Waals surface area contributed by atoms with Gasteiger partial charge in [-0.05, 0) is 30.5 Å². The Hall–Kier alpha value is -1.91. The highest BCUT2D eigenvalue weighted by atomic mass is 35.5. The molecule has 0 saturated heterocycles. The van der Waals surface area contributed by atoms with Crippen LogP contribution in [0.15, 0.2) is 48.7 Å². The van der Waals surface area contributed by atoms with E-state index in [1.807, 2.05) is 30.3 Å². The number of pyridine rings is 1. The maximum Gasteiger partial charge on any atom is 0.270 e. The lowest BCUT2D eigenvalue weighted by atomic mass is 10.0. The molecular weight excluding hydrogens is 288 g/mol. The summed E-state index contributed by atoms with van der Waals surface area (Å²) in [5.74, 6) is -0.251. The van der Waals surface area contributed by atoms with Crippen LogP contribution in [0.2, 0.25) is 5.02 Å². The van der Waals surface area contributed by atoms with Gasteiger partial charge in [0, 0.05) is 12.8 Å². The first-order valence-corrected chi connectivity index (χ1v) is 7.16. The van der Waals surface area contributed by atoms with Crippen molar-refractivity contribution in [3.8, 4) is 0 Å². The van der Waals surface area contributed by atoms with Gasteiger partial charge in [0.15, 0.2) is 0 Å². The van der Waals surface area contributed by atoms with Crippen molar-refractivity contribution in [2.75, 3.05) is 6.61 Å². The molecule has 4 nitrogen and oxygen atoms in total. The van der Waals surface area contributed by atoms with Crippen molar-refractivity contribution in [3.63, 3.8) is 0 Å². The topological polar surface area (TPSA) is 62.2 Å². The zero-order chi connectivity index (χ0) is 15.1. The van der Waals surface area contributed by atoms with Gasteiger partial charge in [0.2, 0.25) is 0 Å². The van der Waals surface area contributed by atoms with Gasteiger partial charge in [0.25, 0.3) is 5.91 Å². The third-order valence-electron chi connectivity index (χ3n) is 3.12. The second-order valence-electron chi connectivity index (χ2n) is 4.66. The van der Waals surface area contributed by atoms with E-state index in [4.69, 9.17) is 16.7 Å². The van der Waals surface area contributed by atoms with E-state index < -0.39 is 0 Å². The molecular formula is C16H17ClN2O2. The Kier molecular flexibility index (Phi) is 5.72. The highest BCUT2D eigenvalue weighted by Crippen LogP contribution is 2.18. The summed E-state index contributed by atoms with van der Waals surface area (Å²) < 4.78 is 0. The van der Waals surface area contributed by atoms with Crippen molar-refractivity contribution < 1.29 is 9.90 Å². The summed E-state index contributed by atoms with van der Waals surface area (Å²) in [6, 6.07) is 12.8. The predicted octanol–water partition coefficient (Wildman–Crippen LogP) is 2.98. The number of carbonyl (C=O) groups is 1. The molecule has 0 aliphatic rings. The van der Waals surface area contributed by atoms with E-state index in [1.165, 1.54) is 6.20 Å². The Labute approximate surface area is 128 Å². The fraction of sp³-hybridized carbons (Fsp3) is 0.250. The molecule has 0 radical (unpaired) electrons. The van der Waals surface area contributed by atoms with Crippen LogP contribution in [-0.2, 0) is 0 Å². The van der Waals surface area contributed by atoms with Crippen molar-refractivity contribution >= 4 is 17.5 Å². The summed E-state index contributed by atoms with van der Waals surface area (Å²) in [5, 5.41) is 12.4. The molecule has 1 heterocycles. The van der Waals surface area contributed by atoms with Gasteiger partial charge in [-0.2, -0.15) is 0 Å². The summed E-state index contributed by atoms with van der Waals surface area (Å²) in [7, 11) is 0. The summed E-state index contributed by atoms with van der Waals surface area (Å²) in [6.45, 7) is 0.0956. The molecule has 1 unspecified atom stereocenters. The highest BCUT2D eigenvalue weighted by Gasteiger charge is 2.16. The first-order valence-electron chi connectivity index (χ1n) is 6.79. The van der Waals surface area contributed by atoms with Crippen LogP contribution < -0.4 is 5.32 Å². The fourth-order valence-electron chi connectivity index (χ4n) is 2.05. The lowest BCUT2D eigenvalue weighted by Gasteiger charge is -2.18. The molecule has 1 atom stereocenters. The second-order valence-corrected chi connectivity index (χ2v) is 5.10. The molecule has 1 aromatic heterocycles. The number of halogens is 1. The summed E-state index contributed by atoms with van der Waals surface area (Å²) >= 11 is 5.76. The van der Waals surface area contributed by atoms with Crippen LogP contribution in [0.25, 0.3) is 0 Å². The average molecular weight is 305 g/mol. The van der Waals surface area contributed by atoms with Crippen LogP contribution in [0, 0.1) is 0 Å². The van der Waals surface area contributed by atoms with E-state index in [2.05, 4.69) is 10.3 Å². The minimum absolute atomic E-state index is 0.0956. The molecule has 0 aliphatic heterocycles. The van der Waals surface area contributed by atoms with Gasteiger partial charge in [0.1, 0.15) is 5.69 Å². The molecule has 0 spiro atoms. The van der Waals surface area contributed by atoms with Crippen molar-refractivity contribution in [3.05, 3.63) is 64.9 Å². The molecule has 1 aromatic carbocycles. The normalized spacial score (nSPS) is 11.9. The van der Waals surface area contributed by atoms with E-state index in [-0.39, 0.29) is 18.6 Å². The Morgan fingerprint density at radius 3 is 2.62 bits per heavy atom. The minimum Gasteiger partial charge on any atom is -0.396 e. The summed E-state index contributed by atoms with van der Waals surface area (Å²) in [4.78, 5) is 16.2. The molecule has 2 aromatic rings. The van der Waals surface area contributed by atoms with Gasteiger partial charge in [0.05, 0.1) is 11.1 Å². The van der Waals surface area contributed by atoms with Crippen LogP contribution in [0.3, 0.4) is 0 Å². The molecule has 0 saturated carbocycles. The van der Waals surface area contributed by atoms with Crippen molar-refractivity contribution in [2.45, 2.75) is 18.9 Å². The number of rotatable bonds is 6. The van der Waals surface area contributed by atoms with Gasteiger partial charge in [-0.15, -0.1) is 0 Å². The van der Waals surface area contributed by atoms with Crippen molar-refractivity contribution in [1.82, 2.24) is 10.3 Å². The van der Waals surface area contributed by atoms with E-state index in [9.17, 15) is 4.79 Å². The summed E-state index contributed by atoms with van der Waals surface area (Å²) in [6.07, 6.45) is 2.73. The quantitative estimate of drug-likeness (QED) is 0.862. The number of aliphatic hydroxyl groups is 1. The smallest absolute Gasteiger partial charge is 0.270 e. The van der Waals surface area contributed by atoms with Crippen LogP contribution in [-0.4, -0.2) is 22.6 Å². The van der Waals surface area contributed by atoms with Gasteiger partial charge in [-0.1, -0.05) is 41.9 Å². The highest BCUT2D eigenvalue weighted by molar-refractivity contribution is 6.30. The first-order chi connectivity index (χ1) is 10.2. The van der Waals surface area contributed by atoms with E-state index >= 15 is 0 Å². The molecule has 2 rings (SSSR count). The number of amides is 1. The lowest BCUT2D eigenvalue weighted by Crippen LogP contribution is -2.29. The number of benzene rings is 1. The fourth-order valence-corrected chi connectivity index (χ4v) is 2.16. The Morgan fingerprint density at radius 1 is 1.24 bits per heavy atom. The molecule has 0 bridgehead atoms. The zero-order valence-corrected chi connectivity index (χ0v) is 12.3. The maximum absolute atomic E-state index is 12.2. The minimum atomic E-state index is -0.251. The number of nitrogens with one attached hydrogen (secondary N) is 1. The Morgan fingerprint density at radius 2 is 2.00 bits per heavy atom. The van der Waals surface area contributed by atoms with Gasteiger partial charge in [-0.25, -0.2) is 4.98 Å². The van der Waals surface area contributed by atoms with Crippen LogP contribution in [0.1, 0.15) is 34.9 Å². The molecule has 21 heavy (non-hydrogen) atoms. The standard InChI is InChI=1S/C16H17ClN2O2/c17-13-8-9-15(18-11-13)16(21)19-14(7-4-10-20)12-5-2-1-3-6-12/h1-3,5-6,8-9,11,14,20H,4,7,10H2,(H,19,21). The SMILES string of the molecule is O=C(NC(CCCO)c1ccccc1)c1ccc(Cl)cn1. The van der Waals surface area contributed by atoms with Crippen LogP contribution in [0.4, 0.5) is 0 Å². The zero-order valence-electron chi connectivity index (χ0n) is 11.5. The van der Waals surface area contributed by atoms with Crippen LogP contribution in [0.5, 0.6) is 0 Å². The molecule has 2 N–H and O–H groups in total. The largest absolute Gasteiger partial charge is 0.396 e. The van der Waals surface area contributed by atoms with E-state index in [1.54, 1.807) is 12.1 Å². The molecule has 5 heteroatoms. The van der Waals surface area contributed by atoms with Crippen molar-refractivity contribution in [2.24, 2.45) is 0 Å². The average Bonchev–Trinajstić information content (AvgIpc) is 2.52. The Bertz CT molecular complexity index is 573. The van der Waals surface area contributed by atoms with Gasteiger partial charge in [-0.3, -0.25) is 4.79 Å². The molecule has 0 aliphatic carbocycles. The summed E-state index contributed by atoms with van der Waals surface area (Å²) in [5.41, 5.74) is 1.33. The van der Waals surface area contributed by atoms with Gasteiger partial charge >= 0.3 is 0 Å².